The molecule has 10 nitrogen and oxygen atoms in total. The van der Waals surface area contributed by atoms with Gasteiger partial charge in [0.05, 0.1) is 12.9 Å². The van der Waals surface area contributed by atoms with Crippen molar-refractivity contribution in [2.24, 2.45) is 0 Å². The number of anilines is 2. The predicted octanol–water partition coefficient (Wildman–Crippen LogP) is -1.79. The Morgan fingerprint density at radius 3 is 2.68 bits per heavy atom. The molecule has 0 aliphatic carbocycles. The molecule has 2 saturated heterocycles. The van der Waals surface area contributed by atoms with Crippen LogP contribution in [0.4, 0.5) is 11.5 Å². The number of piperidine rings is 1. The van der Waals surface area contributed by atoms with Crippen LogP contribution in [0.25, 0.3) is 0 Å². The summed E-state index contributed by atoms with van der Waals surface area (Å²) in [6.45, 7) is 1.28. The minimum Gasteiger partial charge on any atom is -0.394 e. The Hall–Kier alpha value is -1.72. The quantitative estimate of drug-likeness (QED) is 0.427. The first-order chi connectivity index (χ1) is 12.1. The zero-order chi connectivity index (χ0) is 17.6. The summed E-state index contributed by atoms with van der Waals surface area (Å²) in [5, 5.41) is 33.1. The second kappa shape index (κ2) is 6.54. The van der Waals surface area contributed by atoms with Gasteiger partial charge in [0.25, 0.3) is 5.56 Å². The Labute approximate surface area is 144 Å². The van der Waals surface area contributed by atoms with Gasteiger partial charge >= 0.3 is 0 Å². The van der Waals surface area contributed by atoms with Gasteiger partial charge in [-0.2, -0.15) is 0 Å². The summed E-state index contributed by atoms with van der Waals surface area (Å²) in [5.74, 6) is 0.370. The van der Waals surface area contributed by atoms with Crippen molar-refractivity contribution in [1.29, 1.82) is 0 Å². The molecule has 0 radical (unpaired) electrons. The molecule has 5 atom stereocenters. The number of aromatic amines is 1. The number of nitrogens with one attached hydrogen (secondary N) is 2. The maximum atomic E-state index is 12.2. The van der Waals surface area contributed by atoms with Crippen molar-refractivity contribution in [3.05, 3.63) is 16.7 Å². The summed E-state index contributed by atoms with van der Waals surface area (Å²) in [4.78, 5) is 22.8. The molecule has 0 spiro atoms. The maximum absolute atomic E-state index is 12.2. The largest absolute Gasteiger partial charge is 0.394 e. The van der Waals surface area contributed by atoms with E-state index in [1.165, 1.54) is 6.33 Å². The van der Waals surface area contributed by atoms with Crippen LogP contribution >= 0.6 is 0 Å². The molecule has 0 bridgehead atoms. The molecule has 3 aliphatic heterocycles. The summed E-state index contributed by atoms with van der Waals surface area (Å²) in [6, 6.07) is 0. The Morgan fingerprint density at radius 1 is 1.24 bits per heavy atom. The van der Waals surface area contributed by atoms with Gasteiger partial charge in [-0.3, -0.25) is 14.6 Å². The van der Waals surface area contributed by atoms with Gasteiger partial charge in [0.15, 0.2) is 18.3 Å². The smallest absolute Gasteiger partial charge is 0.276 e. The van der Waals surface area contributed by atoms with Gasteiger partial charge in [0.1, 0.15) is 24.0 Å². The Morgan fingerprint density at radius 2 is 2.00 bits per heavy atom. The molecule has 2 fully saturated rings. The van der Waals surface area contributed by atoms with Crippen LogP contribution in [-0.4, -0.2) is 80.7 Å². The van der Waals surface area contributed by atoms with E-state index < -0.39 is 37.4 Å². The lowest BCUT2D eigenvalue weighted by Gasteiger charge is -2.40. The SMILES string of the molecule is O=c1[nH]cnc2c1N[C@@H](N1CCCCC1)N2[C@H]1O[C@@H](CO)[C@@H](O)[C@H]1O. The van der Waals surface area contributed by atoms with Crippen molar-refractivity contribution in [3.63, 3.8) is 0 Å². The zero-order valence-electron chi connectivity index (χ0n) is 13.7. The Bertz CT molecular complexity index is 679. The van der Waals surface area contributed by atoms with E-state index in [2.05, 4.69) is 20.2 Å². The molecular formula is C15H23N5O5. The van der Waals surface area contributed by atoms with Crippen molar-refractivity contribution in [1.82, 2.24) is 14.9 Å². The summed E-state index contributed by atoms with van der Waals surface area (Å²) in [7, 11) is 0. The molecule has 1 aromatic rings. The fraction of sp³-hybridized carbons (Fsp3) is 0.733. The van der Waals surface area contributed by atoms with Crippen LogP contribution in [0.15, 0.2) is 11.1 Å². The minimum absolute atomic E-state index is 0.304. The molecular weight excluding hydrogens is 330 g/mol. The molecule has 0 saturated carbocycles. The lowest BCUT2D eigenvalue weighted by molar-refractivity contribution is -0.0294. The molecule has 138 valence electrons. The van der Waals surface area contributed by atoms with E-state index in [9.17, 15) is 20.1 Å². The number of ether oxygens (including phenoxy) is 1. The maximum Gasteiger partial charge on any atom is 0.276 e. The van der Waals surface area contributed by atoms with E-state index in [1.807, 2.05) is 0 Å². The standard InChI is InChI=1S/C15H23N5O5/c21-6-8-10(22)11(23)14(25-8)20-12-9(13(24)17-7-16-12)18-15(20)19-4-2-1-3-5-19/h7-8,10-11,14-15,18,21-23H,1-6H2,(H,16,17,24)/t8-,10+,11+,14-,15-/m0/s1. The van der Waals surface area contributed by atoms with Gasteiger partial charge < -0.3 is 30.4 Å². The van der Waals surface area contributed by atoms with Crippen LogP contribution in [0.5, 0.6) is 0 Å². The van der Waals surface area contributed by atoms with Crippen LogP contribution in [0.3, 0.4) is 0 Å². The summed E-state index contributed by atoms with van der Waals surface area (Å²) < 4.78 is 5.69. The van der Waals surface area contributed by atoms with E-state index in [0.29, 0.717) is 11.5 Å². The number of likely N-dealkylation sites (tertiary alicyclic amines) is 1. The first kappa shape index (κ1) is 16.7. The second-order valence-electron chi connectivity index (χ2n) is 6.68. The van der Waals surface area contributed by atoms with Gasteiger partial charge in [0.2, 0.25) is 0 Å². The fourth-order valence-corrected chi connectivity index (χ4v) is 3.83. The molecule has 0 aromatic carbocycles. The van der Waals surface area contributed by atoms with Gasteiger partial charge in [-0.15, -0.1) is 0 Å². The summed E-state index contributed by atoms with van der Waals surface area (Å²) in [6.07, 6.45) is -0.0879. The van der Waals surface area contributed by atoms with Gasteiger partial charge in [-0.05, 0) is 12.8 Å². The first-order valence-electron chi connectivity index (χ1n) is 8.61. The average Bonchev–Trinajstić information content (AvgIpc) is 3.15. The van der Waals surface area contributed by atoms with Crippen molar-refractivity contribution in [2.45, 2.75) is 50.1 Å². The average molecular weight is 353 g/mol. The van der Waals surface area contributed by atoms with Crippen LogP contribution in [-0.2, 0) is 4.74 Å². The number of aliphatic hydroxyl groups is 3. The van der Waals surface area contributed by atoms with E-state index in [0.717, 1.165) is 32.4 Å². The minimum atomic E-state index is -1.22. The highest BCUT2D eigenvalue weighted by Crippen LogP contribution is 2.37. The van der Waals surface area contributed by atoms with Crippen LogP contribution in [0.2, 0.25) is 0 Å². The normalized spacial score (nSPS) is 35.6. The van der Waals surface area contributed by atoms with Crippen LogP contribution in [0.1, 0.15) is 19.3 Å². The predicted molar refractivity (Wildman–Crippen MR) is 87.9 cm³/mol. The third-order valence-electron chi connectivity index (χ3n) is 5.14. The number of H-pyrrole nitrogens is 1. The summed E-state index contributed by atoms with van der Waals surface area (Å²) >= 11 is 0. The lowest BCUT2D eigenvalue weighted by atomic mass is 10.1. The number of nitrogens with zero attached hydrogens (tertiary/aromatic N) is 3. The van der Waals surface area contributed by atoms with E-state index in [4.69, 9.17) is 4.74 Å². The number of aromatic nitrogens is 2. The van der Waals surface area contributed by atoms with Gasteiger partial charge in [0, 0.05) is 13.1 Å². The number of rotatable bonds is 3. The molecule has 0 amide bonds. The molecule has 5 N–H and O–H groups in total. The van der Waals surface area contributed by atoms with E-state index in [-0.39, 0.29) is 5.56 Å². The third-order valence-corrected chi connectivity index (χ3v) is 5.14. The van der Waals surface area contributed by atoms with Crippen molar-refractivity contribution >= 4 is 11.5 Å². The molecule has 25 heavy (non-hydrogen) atoms. The van der Waals surface area contributed by atoms with Crippen molar-refractivity contribution < 1.29 is 20.1 Å². The molecule has 1 aromatic heterocycles. The molecule has 0 unspecified atom stereocenters. The highest BCUT2D eigenvalue weighted by molar-refractivity contribution is 5.71. The molecule has 3 aliphatic rings. The fourth-order valence-electron chi connectivity index (χ4n) is 3.83. The second-order valence-corrected chi connectivity index (χ2v) is 6.68. The van der Waals surface area contributed by atoms with Crippen molar-refractivity contribution in [3.8, 4) is 0 Å². The van der Waals surface area contributed by atoms with Gasteiger partial charge in [-0.1, -0.05) is 6.42 Å². The van der Waals surface area contributed by atoms with E-state index >= 15 is 0 Å². The lowest BCUT2D eigenvalue weighted by Crippen LogP contribution is -2.58. The zero-order valence-corrected chi connectivity index (χ0v) is 13.7. The highest BCUT2D eigenvalue weighted by Gasteiger charge is 2.51. The van der Waals surface area contributed by atoms with Crippen LogP contribution < -0.4 is 15.8 Å². The van der Waals surface area contributed by atoms with Crippen LogP contribution in [0, 0.1) is 0 Å². The number of aliphatic hydroxyl groups excluding tert-OH is 3. The number of fused-ring (bicyclic) bond motifs is 1. The van der Waals surface area contributed by atoms with Crippen molar-refractivity contribution in [2.75, 3.05) is 29.9 Å². The molecule has 4 rings (SSSR count). The first-order valence-corrected chi connectivity index (χ1v) is 8.61. The monoisotopic (exact) mass is 353 g/mol. The Balaban J connectivity index is 1.71. The molecule has 4 heterocycles. The topological polar surface area (TPSA) is 134 Å². The van der Waals surface area contributed by atoms with Gasteiger partial charge in [-0.25, -0.2) is 4.98 Å². The number of hydrogen-bond acceptors (Lipinski definition) is 9. The third kappa shape index (κ3) is 2.70. The Kier molecular flexibility index (Phi) is 4.38. The highest BCUT2D eigenvalue weighted by atomic mass is 16.6. The number of hydrogen-bond donors (Lipinski definition) is 5. The van der Waals surface area contributed by atoms with E-state index in [1.54, 1.807) is 4.90 Å². The molecule has 10 heteroatoms. The summed E-state index contributed by atoms with van der Waals surface area (Å²) in [5.41, 5.74) is 0.0112.